The molecule has 1 fully saturated rings. The van der Waals surface area contributed by atoms with Crippen molar-refractivity contribution in [2.45, 2.75) is 38.9 Å². The van der Waals surface area contributed by atoms with Crippen molar-refractivity contribution in [1.82, 2.24) is 13.7 Å². The van der Waals surface area contributed by atoms with Crippen molar-refractivity contribution in [2.24, 2.45) is 0 Å². The first kappa shape index (κ1) is 60.8. The fourth-order valence-electron chi connectivity index (χ4n) is 14.0. The van der Waals surface area contributed by atoms with E-state index < -0.39 is 0 Å². The highest BCUT2D eigenvalue weighted by Gasteiger charge is 2.51. The summed E-state index contributed by atoms with van der Waals surface area (Å²) in [5.74, 6) is 0. The largest absolute Gasteiger partial charge is 0.494 e. The van der Waals surface area contributed by atoms with Gasteiger partial charge < -0.3 is 31.8 Å². The summed E-state index contributed by atoms with van der Waals surface area (Å²) in [6.07, 6.45) is 0. The van der Waals surface area contributed by atoms with E-state index in [1.54, 1.807) is 24.3 Å². The van der Waals surface area contributed by atoms with Crippen LogP contribution in [0.3, 0.4) is 0 Å². The Hall–Kier alpha value is -10.9. The minimum Gasteiger partial charge on any atom is -0.456 e. The first-order chi connectivity index (χ1) is 47.7. The first-order valence-electron chi connectivity index (χ1n) is 32.7. The molecule has 0 unspecified atom stereocenters. The molecule has 0 radical (unpaired) electrons. The van der Waals surface area contributed by atoms with Gasteiger partial charge in [0.15, 0.2) is 0 Å². The summed E-state index contributed by atoms with van der Waals surface area (Å²) < 4.78 is 33.4. The molecule has 0 aliphatic carbocycles. The zero-order valence-corrected chi connectivity index (χ0v) is 57.0. The van der Waals surface area contributed by atoms with E-state index in [1.807, 2.05) is 60.7 Å². The van der Waals surface area contributed by atoms with E-state index in [2.05, 4.69) is 280 Å². The number of hydrogen-bond donors (Lipinski definition) is 0. The molecule has 0 amide bonds. The maximum absolute atomic E-state index is 14.1. The van der Waals surface area contributed by atoms with Crippen LogP contribution in [0.2, 0.25) is 0 Å². The minimum atomic E-state index is -0.353. The fourth-order valence-corrected chi connectivity index (χ4v) is 14.7. The number of rotatable bonds is 6. The highest BCUT2D eigenvalue weighted by atomic mass is 79.9. The topological polar surface area (TPSA) is 93.7 Å². The molecule has 0 atom stereocenters. The Kier molecular flexibility index (Phi) is 14.9. The van der Waals surface area contributed by atoms with E-state index in [9.17, 15) is 9.59 Å². The van der Waals surface area contributed by atoms with Gasteiger partial charge in [-0.3, -0.25) is 9.59 Å². The third kappa shape index (κ3) is 10.5. The standard InChI is InChI=1S/C49H30N2O2.C24H24BNO2.C13H6Br2O2/c52-49-39-23-19-34(32-21-25-46-41(28-32)38-16-8-10-18-44(38)51(46)36-13-5-2-6-14-36)30-48(39)53-47-26-22-33(29-42(47)49)31-20-24-45-40(27-31)37-15-7-9-17-43(37)50(45)35-11-3-1-4-12-35;1-23(2)24(3,4)28-25(27-23)17-14-15-22-20(16-17)19-12-8-9-13-21(19)26(22)18-10-6-5-7-11-18;14-7-2-4-11-10(5-7)13(16)9-3-1-8(15)6-12(9)17-11/h1-30H;5-16H,1-4H3;1-6H. The summed E-state index contributed by atoms with van der Waals surface area (Å²) in [5, 5.41) is 9.52. The van der Waals surface area contributed by atoms with E-state index in [4.69, 9.17) is 18.1 Å². The Bertz CT molecular complexity index is 6340. The van der Waals surface area contributed by atoms with Crippen molar-refractivity contribution < 1.29 is 18.1 Å². The molecule has 0 bridgehead atoms. The van der Waals surface area contributed by atoms with E-state index in [0.717, 1.165) is 70.3 Å². The van der Waals surface area contributed by atoms with E-state index in [1.165, 1.54) is 48.9 Å². The van der Waals surface area contributed by atoms with Crippen LogP contribution in [0.25, 0.3) is 149 Å². The lowest BCUT2D eigenvalue weighted by atomic mass is 9.78. The number of nitrogens with zero attached hydrogens (tertiary/aromatic N) is 3. The zero-order chi connectivity index (χ0) is 66.6. The molecule has 5 aromatic heterocycles. The fraction of sp³-hybridized carbons (Fsp3) is 0.0698. The molecule has 9 nitrogen and oxygen atoms in total. The van der Waals surface area contributed by atoms with Crippen LogP contribution in [0.1, 0.15) is 27.7 Å². The predicted molar refractivity (Wildman–Crippen MR) is 411 cm³/mol. The van der Waals surface area contributed by atoms with Crippen LogP contribution in [-0.2, 0) is 9.31 Å². The van der Waals surface area contributed by atoms with Gasteiger partial charge >= 0.3 is 7.12 Å². The second kappa shape index (κ2) is 24.0. The van der Waals surface area contributed by atoms with E-state index >= 15 is 0 Å². The Morgan fingerprint density at radius 3 is 1.11 bits per heavy atom. The number of aromatic nitrogens is 3. The Morgan fingerprint density at radius 1 is 0.286 bits per heavy atom. The lowest BCUT2D eigenvalue weighted by molar-refractivity contribution is 0.00578. The summed E-state index contributed by atoms with van der Waals surface area (Å²) >= 11 is 6.72. The van der Waals surface area contributed by atoms with Crippen LogP contribution in [0, 0.1) is 0 Å². The van der Waals surface area contributed by atoms with Crippen molar-refractivity contribution in [3.63, 3.8) is 0 Å². The molecule has 12 heteroatoms. The van der Waals surface area contributed by atoms with E-state index in [-0.39, 0.29) is 29.2 Å². The van der Waals surface area contributed by atoms with Gasteiger partial charge in [0.1, 0.15) is 22.3 Å². The second-order valence-electron chi connectivity index (χ2n) is 26.0. The Morgan fingerprint density at radius 2 is 0.622 bits per heavy atom. The van der Waals surface area contributed by atoms with Crippen LogP contribution >= 0.6 is 31.9 Å². The minimum absolute atomic E-state index is 0.00458. The molecule has 472 valence electrons. The average molecular weight is 1400 g/mol. The Balaban J connectivity index is 0.000000132. The predicted octanol–water partition coefficient (Wildman–Crippen LogP) is 22.0. The van der Waals surface area contributed by atoms with Crippen LogP contribution in [0.15, 0.2) is 319 Å². The number of hydrogen-bond acceptors (Lipinski definition) is 6. The van der Waals surface area contributed by atoms with Crippen LogP contribution in [0.4, 0.5) is 0 Å². The molecule has 6 heterocycles. The maximum atomic E-state index is 14.1. The summed E-state index contributed by atoms with van der Waals surface area (Å²) in [7, 11) is -0.353. The molecule has 1 aliphatic heterocycles. The van der Waals surface area contributed by atoms with Gasteiger partial charge in [-0.2, -0.15) is 0 Å². The smallest absolute Gasteiger partial charge is 0.456 e. The summed E-state index contributed by atoms with van der Waals surface area (Å²) in [6.45, 7) is 8.36. The molecule has 1 aliphatic rings. The highest BCUT2D eigenvalue weighted by molar-refractivity contribution is 9.10. The van der Waals surface area contributed by atoms with Crippen molar-refractivity contribution in [3.05, 3.63) is 321 Å². The number of halogens is 2. The molecule has 18 aromatic rings. The van der Waals surface area contributed by atoms with Gasteiger partial charge in [-0.05, 0) is 201 Å². The van der Waals surface area contributed by atoms with Crippen molar-refractivity contribution in [1.29, 1.82) is 0 Å². The van der Waals surface area contributed by atoms with Gasteiger partial charge in [0, 0.05) is 58.3 Å². The van der Waals surface area contributed by atoms with Gasteiger partial charge in [0.25, 0.3) is 0 Å². The third-order valence-corrected chi connectivity index (χ3v) is 20.5. The number of para-hydroxylation sites is 6. The lowest BCUT2D eigenvalue weighted by Gasteiger charge is -2.32. The molecule has 13 aromatic carbocycles. The van der Waals surface area contributed by atoms with Gasteiger partial charge in [-0.15, -0.1) is 0 Å². The van der Waals surface area contributed by atoms with Crippen LogP contribution in [0.5, 0.6) is 0 Å². The SMILES string of the molecule is CC1(C)OB(c2ccc3c(c2)c2ccccc2n3-c2ccccc2)OC1(C)C.O=c1c2ccc(-c3ccc4c(c3)c3ccccc3n4-c3ccccc3)cc2oc2ccc(-c3ccc4c(c3)c3ccccc3n4-c3ccccc3)cc12.O=c1c2ccc(Br)cc2oc2ccc(Br)cc12. The monoisotopic (exact) mass is 1400 g/mol. The van der Waals surface area contributed by atoms with Crippen LogP contribution < -0.4 is 16.3 Å². The summed E-state index contributed by atoms with van der Waals surface area (Å²) in [6, 6.07) is 99.5. The molecule has 19 rings (SSSR count). The summed E-state index contributed by atoms with van der Waals surface area (Å²) in [4.78, 5) is 26.3. The van der Waals surface area contributed by atoms with Gasteiger partial charge in [-0.25, -0.2) is 0 Å². The van der Waals surface area contributed by atoms with Gasteiger partial charge in [0.2, 0.25) is 10.9 Å². The molecular formula is C86H60BBr2N3O6. The average Bonchev–Trinajstić information content (AvgIpc) is 1.53. The molecular weight excluding hydrogens is 1340 g/mol. The van der Waals surface area contributed by atoms with Crippen molar-refractivity contribution >= 4 is 154 Å². The molecule has 98 heavy (non-hydrogen) atoms. The van der Waals surface area contributed by atoms with Gasteiger partial charge in [-0.1, -0.05) is 177 Å². The Labute approximate surface area is 580 Å². The molecule has 0 saturated carbocycles. The third-order valence-electron chi connectivity index (χ3n) is 19.5. The summed E-state index contributed by atoms with van der Waals surface area (Å²) in [5.41, 5.74) is 17.2. The maximum Gasteiger partial charge on any atom is 0.494 e. The molecule has 1 saturated heterocycles. The highest BCUT2D eigenvalue weighted by Crippen LogP contribution is 2.41. The normalized spacial score (nSPS) is 13.6. The van der Waals surface area contributed by atoms with E-state index in [0.29, 0.717) is 43.9 Å². The van der Waals surface area contributed by atoms with Gasteiger partial charge in [0.05, 0.1) is 65.8 Å². The van der Waals surface area contributed by atoms with Crippen LogP contribution in [-0.4, -0.2) is 32.0 Å². The molecule has 0 N–H and O–H groups in total. The number of fused-ring (bicyclic) bond motifs is 13. The lowest BCUT2D eigenvalue weighted by Crippen LogP contribution is -2.41. The first-order valence-corrected chi connectivity index (χ1v) is 34.2. The quantitative estimate of drug-likeness (QED) is 0.122. The number of benzene rings is 13. The second-order valence-corrected chi connectivity index (χ2v) is 27.8. The molecule has 0 spiro atoms. The van der Waals surface area contributed by atoms with Crippen molar-refractivity contribution in [2.75, 3.05) is 0 Å². The van der Waals surface area contributed by atoms with Crippen molar-refractivity contribution in [3.8, 4) is 39.3 Å². The zero-order valence-electron chi connectivity index (χ0n) is 53.8.